The van der Waals surface area contributed by atoms with Gasteiger partial charge in [-0.25, -0.2) is 0 Å². The fourth-order valence-corrected chi connectivity index (χ4v) is 5.53. The lowest BCUT2D eigenvalue weighted by atomic mass is 10.1. The van der Waals surface area contributed by atoms with E-state index >= 15 is 0 Å². The molecule has 33 heavy (non-hydrogen) atoms. The second-order valence-corrected chi connectivity index (χ2v) is 8.66. The average Bonchev–Trinajstić information content (AvgIpc) is 3.53. The van der Waals surface area contributed by atoms with E-state index in [4.69, 9.17) is 4.42 Å². The maximum absolute atomic E-state index is 6.51. The second kappa shape index (κ2) is 6.05. The first-order chi connectivity index (χ1) is 16.4. The minimum Gasteiger partial charge on any atom is -0.454 e. The lowest BCUT2D eigenvalue weighted by Crippen LogP contribution is -1.94. The molecule has 3 nitrogen and oxygen atoms in total. The number of furan rings is 1. The Labute approximate surface area is 188 Å². The molecule has 3 aromatic heterocycles. The van der Waals surface area contributed by atoms with Crippen LogP contribution < -0.4 is 0 Å². The Morgan fingerprint density at radius 3 is 2.12 bits per heavy atom. The van der Waals surface area contributed by atoms with Crippen molar-refractivity contribution in [1.29, 1.82) is 0 Å². The average molecular weight is 422 g/mol. The van der Waals surface area contributed by atoms with Crippen molar-refractivity contribution in [2.75, 3.05) is 0 Å². The number of nitrogens with one attached hydrogen (secondary N) is 1. The van der Waals surface area contributed by atoms with Crippen LogP contribution in [0.2, 0.25) is 0 Å². The minimum absolute atomic E-state index is 0.919. The molecule has 3 heteroatoms. The third kappa shape index (κ3) is 2.14. The maximum Gasteiger partial charge on any atom is 0.160 e. The number of H-pyrrole nitrogens is 1. The number of rotatable bonds is 1. The summed E-state index contributed by atoms with van der Waals surface area (Å²) in [6.45, 7) is 0. The van der Waals surface area contributed by atoms with Crippen LogP contribution in [-0.4, -0.2) is 9.55 Å². The number of aromatic nitrogens is 2. The van der Waals surface area contributed by atoms with Gasteiger partial charge in [0.05, 0.1) is 11.0 Å². The topological polar surface area (TPSA) is 33.9 Å². The Hall–Kier alpha value is -4.50. The van der Waals surface area contributed by atoms with E-state index in [0.29, 0.717) is 0 Å². The summed E-state index contributed by atoms with van der Waals surface area (Å²) in [6, 6.07) is 36.4. The molecule has 0 bridgehead atoms. The van der Waals surface area contributed by atoms with Crippen LogP contribution in [0.15, 0.2) is 108 Å². The molecule has 0 atom stereocenters. The van der Waals surface area contributed by atoms with E-state index in [1.54, 1.807) is 0 Å². The van der Waals surface area contributed by atoms with Crippen molar-refractivity contribution in [2.45, 2.75) is 0 Å². The molecule has 0 amide bonds. The summed E-state index contributed by atoms with van der Waals surface area (Å²) in [7, 11) is 0. The lowest BCUT2D eigenvalue weighted by Gasteiger charge is -2.09. The first-order valence-corrected chi connectivity index (χ1v) is 11.2. The molecule has 8 aromatic rings. The van der Waals surface area contributed by atoms with Crippen LogP contribution in [0.25, 0.3) is 71.2 Å². The largest absolute Gasteiger partial charge is 0.454 e. The van der Waals surface area contributed by atoms with Gasteiger partial charge < -0.3 is 14.0 Å². The van der Waals surface area contributed by atoms with Crippen molar-refractivity contribution in [3.8, 4) is 5.69 Å². The Bertz CT molecular complexity index is 2020. The van der Waals surface area contributed by atoms with Crippen LogP contribution in [0.4, 0.5) is 0 Å². The number of para-hydroxylation sites is 3. The van der Waals surface area contributed by atoms with Gasteiger partial charge in [-0.05, 0) is 36.4 Å². The fraction of sp³-hybridized carbons (Fsp3) is 0. The summed E-state index contributed by atoms with van der Waals surface area (Å²) < 4.78 is 8.90. The molecule has 0 spiro atoms. The van der Waals surface area contributed by atoms with Crippen LogP contribution >= 0.6 is 0 Å². The summed E-state index contributed by atoms with van der Waals surface area (Å²) in [5, 5.41) is 7.21. The van der Waals surface area contributed by atoms with Crippen LogP contribution in [-0.2, 0) is 0 Å². The Morgan fingerprint density at radius 1 is 0.515 bits per heavy atom. The number of aromatic amines is 1. The van der Waals surface area contributed by atoms with Crippen LogP contribution in [0.3, 0.4) is 0 Å². The molecule has 1 N–H and O–H groups in total. The van der Waals surface area contributed by atoms with Gasteiger partial charge in [0.25, 0.3) is 0 Å². The molecule has 0 aliphatic rings. The molecule has 0 fully saturated rings. The zero-order valence-corrected chi connectivity index (χ0v) is 17.7. The predicted octanol–water partition coefficient (Wildman–Crippen LogP) is 8.32. The molecule has 3 heterocycles. The molecule has 0 saturated carbocycles. The highest BCUT2D eigenvalue weighted by atomic mass is 16.3. The Morgan fingerprint density at radius 2 is 1.21 bits per heavy atom. The molecule has 0 unspecified atom stereocenters. The van der Waals surface area contributed by atoms with Gasteiger partial charge >= 0.3 is 0 Å². The molecule has 8 rings (SSSR count). The number of hydrogen-bond acceptors (Lipinski definition) is 1. The van der Waals surface area contributed by atoms with E-state index in [0.717, 1.165) is 44.2 Å². The minimum atomic E-state index is 0.919. The fourth-order valence-electron chi connectivity index (χ4n) is 5.53. The molecule has 0 saturated heterocycles. The van der Waals surface area contributed by atoms with Crippen molar-refractivity contribution < 1.29 is 4.42 Å². The summed E-state index contributed by atoms with van der Waals surface area (Å²) in [4.78, 5) is 3.62. The van der Waals surface area contributed by atoms with E-state index in [1.807, 2.05) is 6.07 Å². The van der Waals surface area contributed by atoms with Gasteiger partial charge in [0.1, 0.15) is 5.58 Å². The Balaban J connectivity index is 1.71. The standard InChI is InChI=1S/C30H18N2O/c1-2-8-18(9-3-1)32-28-20(16-17-25-27(28)23-11-4-6-12-24(23)31-25)21-14-15-22-19-10-5-7-13-26(19)33-30(22)29(21)32/h1-17,31H. The number of benzene rings is 5. The third-order valence-electron chi connectivity index (χ3n) is 6.92. The summed E-state index contributed by atoms with van der Waals surface area (Å²) in [5.74, 6) is 0. The maximum atomic E-state index is 6.51. The SMILES string of the molecule is c1ccc(-n2c3c(ccc4c5ccccc5oc43)c3ccc4[nH]c5ccccc5c4c32)cc1. The quantitative estimate of drug-likeness (QED) is 0.283. The molecule has 0 radical (unpaired) electrons. The highest BCUT2D eigenvalue weighted by Crippen LogP contribution is 2.43. The van der Waals surface area contributed by atoms with Crippen LogP contribution in [0.1, 0.15) is 0 Å². The molecule has 154 valence electrons. The van der Waals surface area contributed by atoms with Crippen molar-refractivity contribution in [2.24, 2.45) is 0 Å². The second-order valence-electron chi connectivity index (χ2n) is 8.66. The number of fused-ring (bicyclic) bond motifs is 11. The van der Waals surface area contributed by atoms with Gasteiger partial charge in [0.15, 0.2) is 5.58 Å². The first-order valence-electron chi connectivity index (χ1n) is 11.2. The Kier molecular flexibility index (Phi) is 3.14. The third-order valence-corrected chi connectivity index (χ3v) is 6.92. The van der Waals surface area contributed by atoms with Gasteiger partial charge in [-0.3, -0.25) is 0 Å². The van der Waals surface area contributed by atoms with Crippen molar-refractivity contribution in [3.05, 3.63) is 103 Å². The molecule has 5 aromatic carbocycles. The van der Waals surface area contributed by atoms with Crippen molar-refractivity contribution >= 4 is 65.6 Å². The highest BCUT2D eigenvalue weighted by molar-refractivity contribution is 6.28. The van der Waals surface area contributed by atoms with E-state index in [9.17, 15) is 0 Å². The monoisotopic (exact) mass is 422 g/mol. The van der Waals surface area contributed by atoms with Crippen LogP contribution in [0, 0.1) is 0 Å². The summed E-state index contributed by atoms with van der Waals surface area (Å²) >= 11 is 0. The van der Waals surface area contributed by atoms with E-state index in [2.05, 4.69) is 107 Å². The zero-order valence-electron chi connectivity index (χ0n) is 17.7. The number of nitrogens with zero attached hydrogens (tertiary/aromatic N) is 1. The van der Waals surface area contributed by atoms with Crippen molar-refractivity contribution in [1.82, 2.24) is 9.55 Å². The summed E-state index contributed by atoms with van der Waals surface area (Å²) in [5.41, 5.74) is 7.59. The highest BCUT2D eigenvalue weighted by Gasteiger charge is 2.21. The van der Waals surface area contributed by atoms with Crippen molar-refractivity contribution in [3.63, 3.8) is 0 Å². The molecule has 0 aliphatic carbocycles. The van der Waals surface area contributed by atoms with Crippen LogP contribution in [0.5, 0.6) is 0 Å². The number of hydrogen-bond donors (Lipinski definition) is 1. The van der Waals surface area contributed by atoms with Gasteiger partial charge in [0, 0.05) is 49.0 Å². The molecule has 0 aliphatic heterocycles. The van der Waals surface area contributed by atoms with E-state index in [1.165, 1.54) is 27.1 Å². The van der Waals surface area contributed by atoms with E-state index in [-0.39, 0.29) is 0 Å². The zero-order chi connectivity index (χ0) is 21.5. The van der Waals surface area contributed by atoms with Gasteiger partial charge in [0.2, 0.25) is 0 Å². The molecular formula is C30H18N2O. The summed E-state index contributed by atoms with van der Waals surface area (Å²) in [6.07, 6.45) is 0. The van der Waals surface area contributed by atoms with E-state index < -0.39 is 0 Å². The molecular weight excluding hydrogens is 404 g/mol. The van der Waals surface area contributed by atoms with Gasteiger partial charge in [-0.2, -0.15) is 0 Å². The van der Waals surface area contributed by atoms with Gasteiger partial charge in [-0.15, -0.1) is 0 Å². The smallest absolute Gasteiger partial charge is 0.160 e. The lowest BCUT2D eigenvalue weighted by molar-refractivity contribution is 0.671. The normalized spacial score (nSPS) is 12.2. The predicted molar refractivity (Wildman–Crippen MR) is 137 cm³/mol. The first kappa shape index (κ1) is 17.1. The van der Waals surface area contributed by atoms with Gasteiger partial charge in [-0.1, -0.05) is 66.7 Å².